The summed E-state index contributed by atoms with van der Waals surface area (Å²) in [5.41, 5.74) is 6.26. The number of carbonyl (C=O) groups is 1. The molecule has 1 amide bonds. The molecular formula is C13H20N4OS. The molecule has 0 spiro atoms. The summed E-state index contributed by atoms with van der Waals surface area (Å²) in [5, 5.41) is 5.88. The molecule has 0 aliphatic carbocycles. The van der Waals surface area contributed by atoms with Crippen LogP contribution in [-0.2, 0) is 4.79 Å². The molecular weight excluding hydrogens is 260 g/mol. The van der Waals surface area contributed by atoms with Crippen LogP contribution in [0.25, 0.3) is 0 Å². The molecule has 1 heterocycles. The maximum Gasteiger partial charge on any atom is 0.242 e. The van der Waals surface area contributed by atoms with Crippen LogP contribution in [-0.4, -0.2) is 28.5 Å². The zero-order valence-corrected chi connectivity index (χ0v) is 12.3. The van der Waals surface area contributed by atoms with E-state index in [-0.39, 0.29) is 10.9 Å². The molecule has 0 aliphatic heterocycles. The molecule has 0 fully saturated rings. The second kappa shape index (κ2) is 7.04. The van der Waals surface area contributed by atoms with Gasteiger partial charge in [0.15, 0.2) is 0 Å². The van der Waals surface area contributed by atoms with Gasteiger partial charge in [0.25, 0.3) is 0 Å². The molecule has 0 bridgehead atoms. The van der Waals surface area contributed by atoms with Gasteiger partial charge in [-0.1, -0.05) is 26.1 Å². The second-order valence-corrected chi connectivity index (χ2v) is 5.21. The van der Waals surface area contributed by atoms with Crippen LogP contribution < -0.4 is 16.4 Å². The van der Waals surface area contributed by atoms with Gasteiger partial charge in [-0.3, -0.25) is 4.79 Å². The Hall–Kier alpha value is -1.69. The molecule has 4 N–H and O–H groups in total. The van der Waals surface area contributed by atoms with Gasteiger partial charge in [-0.05, 0) is 25.0 Å². The molecule has 5 nitrogen and oxygen atoms in total. The second-order valence-electron chi connectivity index (χ2n) is 4.77. The summed E-state index contributed by atoms with van der Waals surface area (Å²) >= 11 is 4.95. The van der Waals surface area contributed by atoms with Crippen LogP contribution >= 0.6 is 12.2 Å². The lowest BCUT2D eigenvalue weighted by Crippen LogP contribution is -2.39. The van der Waals surface area contributed by atoms with Gasteiger partial charge in [0, 0.05) is 12.7 Å². The Kier molecular flexibility index (Phi) is 5.69. The number of nitrogens with two attached hydrogens (primary N) is 1. The molecule has 1 unspecified atom stereocenters. The monoisotopic (exact) mass is 280 g/mol. The Morgan fingerprint density at radius 1 is 1.47 bits per heavy atom. The molecule has 6 heteroatoms. The summed E-state index contributed by atoms with van der Waals surface area (Å²) < 4.78 is 0. The highest BCUT2D eigenvalue weighted by molar-refractivity contribution is 7.80. The molecule has 0 aliphatic rings. The summed E-state index contributed by atoms with van der Waals surface area (Å²) in [4.78, 5) is 16.3. The van der Waals surface area contributed by atoms with Gasteiger partial charge in [-0.25, -0.2) is 4.98 Å². The Balaban J connectivity index is 2.69. The largest absolute Gasteiger partial charge is 0.389 e. The number of thiocarbonyl (C=S) groups is 1. The Labute approximate surface area is 119 Å². The number of pyridine rings is 1. The number of nitrogens with zero attached hydrogens (tertiary/aromatic N) is 1. The van der Waals surface area contributed by atoms with Crippen molar-refractivity contribution in [2.24, 2.45) is 11.7 Å². The van der Waals surface area contributed by atoms with Crippen molar-refractivity contribution in [1.82, 2.24) is 10.3 Å². The summed E-state index contributed by atoms with van der Waals surface area (Å²) in [6.45, 7) is 6.51. The van der Waals surface area contributed by atoms with Gasteiger partial charge < -0.3 is 16.4 Å². The van der Waals surface area contributed by atoms with E-state index >= 15 is 0 Å². The number of aromatic nitrogens is 1. The molecule has 0 saturated carbocycles. The molecule has 0 radical (unpaired) electrons. The third kappa shape index (κ3) is 4.82. The van der Waals surface area contributed by atoms with Crippen molar-refractivity contribution in [3.63, 3.8) is 0 Å². The molecule has 19 heavy (non-hydrogen) atoms. The van der Waals surface area contributed by atoms with Crippen LogP contribution in [0, 0.1) is 5.92 Å². The Morgan fingerprint density at radius 2 is 2.16 bits per heavy atom. The van der Waals surface area contributed by atoms with Gasteiger partial charge in [-0.2, -0.15) is 0 Å². The fourth-order valence-electron chi connectivity index (χ4n) is 1.45. The van der Waals surface area contributed by atoms with E-state index in [1.807, 2.05) is 13.8 Å². The summed E-state index contributed by atoms with van der Waals surface area (Å²) in [6, 6.07) is 3.13. The predicted molar refractivity (Wildman–Crippen MR) is 81.1 cm³/mol. The number of nitrogens with one attached hydrogen (secondary N) is 2. The standard InChI is InChI=1S/C13H20N4OS/c1-8(2)7-16-13(18)9(3)17-12-10(11(14)19)5-4-6-15-12/h4-6,8-9H,7H2,1-3H3,(H2,14,19)(H,15,17)(H,16,18). The summed E-state index contributed by atoms with van der Waals surface area (Å²) in [5.74, 6) is 0.869. The first-order valence-electron chi connectivity index (χ1n) is 6.21. The van der Waals surface area contributed by atoms with Crippen molar-refractivity contribution < 1.29 is 4.79 Å². The molecule has 1 aromatic heterocycles. The average Bonchev–Trinajstić information content (AvgIpc) is 2.36. The molecule has 0 saturated heterocycles. The molecule has 104 valence electrons. The van der Waals surface area contributed by atoms with E-state index < -0.39 is 6.04 Å². The fourth-order valence-corrected chi connectivity index (χ4v) is 1.61. The lowest BCUT2D eigenvalue weighted by atomic mass is 10.2. The molecule has 1 atom stereocenters. The SMILES string of the molecule is CC(C)CNC(=O)C(C)Nc1ncccc1C(N)=S. The number of hydrogen-bond donors (Lipinski definition) is 3. The van der Waals surface area contributed by atoms with Crippen molar-refractivity contribution in [3.05, 3.63) is 23.9 Å². The van der Waals surface area contributed by atoms with Gasteiger partial charge in [-0.15, -0.1) is 0 Å². The minimum atomic E-state index is -0.401. The topological polar surface area (TPSA) is 80.0 Å². The number of carbonyl (C=O) groups excluding carboxylic acids is 1. The van der Waals surface area contributed by atoms with Gasteiger partial charge >= 0.3 is 0 Å². The predicted octanol–water partition coefficient (Wildman–Crippen LogP) is 1.29. The number of amides is 1. The number of rotatable bonds is 6. The van der Waals surface area contributed by atoms with E-state index in [0.29, 0.717) is 23.8 Å². The van der Waals surface area contributed by atoms with E-state index in [9.17, 15) is 4.79 Å². The third-order valence-corrected chi connectivity index (χ3v) is 2.72. The van der Waals surface area contributed by atoms with Crippen LogP contribution in [0.3, 0.4) is 0 Å². The van der Waals surface area contributed by atoms with Gasteiger partial charge in [0.05, 0.1) is 5.56 Å². The van der Waals surface area contributed by atoms with Crippen LogP contribution in [0.15, 0.2) is 18.3 Å². The van der Waals surface area contributed by atoms with E-state index in [1.54, 1.807) is 25.3 Å². The average molecular weight is 280 g/mol. The normalized spacial score (nSPS) is 12.0. The first-order chi connectivity index (χ1) is 8.91. The lowest BCUT2D eigenvalue weighted by molar-refractivity contribution is -0.121. The number of hydrogen-bond acceptors (Lipinski definition) is 4. The number of anilines is 1. The summed E-state index contributed by atoms with van der Waals surface area (Å²) in [6.07, 6.45) is 1.63. The van der Waals surface area contributed by atoms with Crippen LogP contribution in [0.5, 0.6) is 0 Å². The van der Waals surface area contributed by atoms with Crippen molar-refractivity contribution in [2.75, 3.05) is 11.9 Å². The quantitative estimate of drug-likeness (QED) is 0.684. The van der Waals surface area contributed by atoms with Crippen molar-refractivity contribution in [2.45, 2.75) is 26.8 Å². The minimum Gasteiger partial charge on any atom is -0.389 e. The van der Waals surface area contributed by atoms with Crippen molar-refractivity contribution >= 4 is 28.9 Å². The maximum atomic E-state index is 11.9. The van der Waals surface area contributed by atoms with Crippen molar-refractivity contribution in [3.8, 4) is 0 Å². The smallest absolute Gasteiger partial charge is 0.242 e. The maximum absolute atomic E-state index is 11.9. The Bertz CT molecular complexity index is 462. The first-order valence-corrected chi connectivity index (χ1v) is 6.61. The highest BCUT2D eigenvalue weighted by Crippen LogP contribution is 2.12. The van der Waals surface area contributed by atoms with E-state index in [4.69, 9.17) is 18.0 Å². The Morgan fingerprint density at radius 3 is 2.74 bits per heavy atom. The zero-order chi connectivity index (χ0) is 14.4. The zero-order valence-electron chi connectivity index (χ0n) is 11.4. The van der Waals surface area contributed by atoms with Crippen LogP contribution in [0.1, 0.15) is 26.3 Å². The lowest BCUT2D eigenvalue weighted by Gasteiger charge is -2.17. The summed E-state index contributed by atoms with van der Waals surface area (Å²) in [7, 11) is 0. The van der Waals surface area contributed by atoms with Gasteiger partial charge in [0.1, 0.15) is 16.8 Å². The van der Waals surface area contributed by atoms with Crippen LogP contribution in [0.2, 0.25) is 0 Å². The van der Waals surface area contributed by atoms with E-state index in [1.165, 1.54) is 0 Å². The third-order valence-electron chi connectivity index (χ3n) is 2.50. The van der Waals surface area contributed by atoms with E-state index in [0.717, 1.165) is 0 Å². The minimum absolute atomic E-state index is 0.0757. The molecule has 1 aromatic rings. The highest BCUT2D eigenvalue weighted by Gasteiger charge is 2.15. The van der Waals surface area contributed by atoms with E-state index in [2.05, 4.69) is 15.6 Å². The molecule has 0 aromatic carbocycles. The van der Waals surface area contributed by atoms with Crippen LogP contribution in [0.4, 0.5) is 5.82 Å². The highest BCUT2D eigenvalue weighted by atomic mass is 32.1. The fraction of sp³-hybridized carbons (Fsp3) is 0.462. The van der Waals surface area contributed by atoms with Crippen molar-refractivity contribution in [1.29, 1.82) is 0 Å². The van der Waals surface area contributed by atoms with Gasteiger partial charge in [0.2, 0.25) is 5.91 Å². The molecule has 1 rings (SSSR count). The first kappa shape index (κ1) is 15.4.